The molecular formula is C17H25N3O2S. The number of hydrogen-bond donors (Lipinski definition) is 3. The third-order valence-electron chi connectivity index (χ3n) is 4.35. The summed E-state index contributed by atoms with van der Waals surface area (Å²) in [4.78, 5) is 0. The lowest BCUT2D eigenvalue weighted by Gasteiger charge is -2.30. The van der Waals surface area contributed by atoms with Gasteiger partial charge in [0.1, 0.15) is 11.5 Å². The highest BCUT2D eigenvalue weighted by molar-refractivity contribution is 7.80. The highest BCUT2D eigenvalue weighted by Crippen LogP contribution is 2.24. The molecule has 3 N–H and O–H groups in total. The molecule has 126 valence electrons. The van der Waals surface area contributed by atoms with Crippen molar-refractivity contribution in [1.82, 2.24) is 10.7 Å². The van der Waals surface area contributed by atoms with Crippen molar-refractivity contribution in [3.8, 4) is 11.5 Å². The molecule has 0 saturated heterocycles. The average Bonchev–Trinajstić information content (AvgIpc) is 2.55. The summed E-state index contributed by atoms with van der Waals surface area (Å²) in [6.45, 7) is 4.07. The van der Waals surface area contributed by atoms with Gasteiger partial charge in [0.15, 0.2) is 5.11 Å². The largest absolute Gasteiger partial charge is 0.507 e. The van der Waals surface area contributed by atoms with Crippen molar-refractivity contribution in [2.24, 2.45) is 11.0 Å². The van der Waals surface area contributed by atoms with Gasteiger partial charge in [-0.2, -0.15) is 5.10 Å². The number of benzene rings is 1. The Morgan fingerprint density at radius 3 is 2.78 bits per heavy atom. The number of nitrogens with zero attached hydrogens (tertiary/aromatic N) is 1. The molecule has 1 aliphatic carbocycles. The standard InChI is InChI=1S/C17H25N3O2S/c1-11-6-4-5-7-15(11)18-17(23)20-19-12(2)14-10-13(22-3)8-9-16(14)21/h8-11,15,21H,4-7H2,1-3H3,(H2,18,20,23)/b19-12+/t11-,15-/m0/s1. The monoisotopic (exact) mass is 335 g/mol. The van der Waals surface area contributed by atoms with Crippen LogP contribution < -0.4 is 15.5 Å². The molecule has 0 spiro atoms. The Labute approximate surface area is 143 Å². The van der Waals surface area contributed by atoms with Crippen LogP contribution in [0.2, 0.25) is 0 Å². The van der Waals surface area contributed by atoms with Crippen molar-refractivity contribution in [2.75, 3.05) is 7.11 Å². The van der Waals surface area contributed by atoms with Crippen molar-refractivity contribution in [2.45, 2.75) is 45.6 Å². The fourth-order valence-corrected chi connectivity index (χ4v) is 3.06. The summed E-state index contributed by atoms with van der Waals surface area (Å²) in [7, 11) is 1.59. The summed E-state index contributed by atoms with van der Waals surface area (Å²) in [5.74, 6) is 1.45. The fourth-order valence-electron chi connectivity index (χ4n) is 2.86. The van der Waals surface area contributed by atoms with Crippen LogP contribution >= 0.6 is 12.2 Å². The zero-order chi connectivity index (χ0) is 16.8. The van der Waals surface area contributed by atoms with Crippen LogP contribution in [0.4, 0.5) is 0 Å². The zero-order valence-corrected chi connectivity index (χ0v) is 14.7. The molecule has 0 amide bonds. The normalized spacial score (nSPS) is 21.6. The van der Waals surface area contributed by atoms with E-state index in [4.69, 9.17) is 17.0 Å². The highest BCUT2D eigenvalue weighted by Gasteiger charge is 2.21. The van der Waals surface area contributed by atoms with Crippen LogP contribution in [-0.4, -0.2) is 29.1 Å². The van der Waals surface area contributed by atoms with E-state index < -0.39 is 0 Å². The Balaban J connectivity index is 1.97. The molecule has 23 heavy (non-hydrogen) atoms. The van der Waals surface area contributed by atoms with Crippen molar-refractivity contribution < 1.29 is 9.84 Å². The highest BCUT2D eigenvalue weighted by atomic mass is 32.1. The molecule has 0 bridgehead atoms. The van der Waals surface area contributed by atoms with Crippen LogP contribution in [0.3, 0.4) is 0 Å². The van der Waals surface area contributed by atoms with Crippen LogP contribution in [0.25, 0.3) is 0 Å². The van der Waals surface area contributed by atoms with Crippen LogP contribution in [0, 0.1) is 5.92 Å². The molecule has 2 rings (SSSR count). The van der Waals surface area contributed by atoms with Gasteiger partial charge in [-0.15, -0.1) is 0 Å². The molecule has 0 unspecified atom stereocenters. The third-order valence-corrected chi connectivity index (χ3v) is 4.56. The van der Waals surface area contributed by atoms with Crippen molar-refractivity contribution >= 4 is 23.0 Å². The van der Waals surface area contributed by atoms with E-state index >= 15 is 0 Å². The second kappa shape index (κ2) is 8.15. The van der Waals surface area contributed by atoms with E-state index in [1.54, 1.807) is 25.3 Å². The number of aromatic hydroxyl groups is 1. The number of phenolic OH excluding ortho intramolecular Hbond substituents is 1. The average molecular weight is 335 g/mol. The van der Waals surface area contributed by atoms with Gasteiger partial charge in [0, 0.05) is 11.6 Å². The smallest absolute Gasteiger partial charge is 0.187 e. The minimum absolute atomic E-state index is 0.161. The predicted molar refractivity (Wildman–Crippen MR) is 97.2 cm³/mol. The fraction of sp³-hybridized carbons (Fsp3) is 0.529. The van der Waals surface area contributed by atoms with Gasteiger partial charge in [0.25, 0.3) is 0 Å². The minimum atomic E-state index is 0.161. The summed E-state index contributed by atoms with van der Waals surface area (Å²) < 4.78 is 5.17. The number of nitrogens with one attached hydrogen (secondary N) is 2. The number of hydrogen-bond acceptors (Lipinski definition) is 4. The van der Waals surface area contributed by atoms with E-state index in [1.807, 2.05) is 6.92 Å². The van der Waals surface area contributed by atoms with Gasteiger partial charge >= 0.3 is 0 Å². The number of thiocarbonyl (C=S) groups is 1. The second-order valence-electron chi connectivity index (χ2n) is 6.03. The predicted octanol–water partition coefficient (Wildman–Crippen LogP) is 3.17. The maximum absolute atomic E-state index is 9.95. The van der Waals surface area contributed by atoms with Gasteiger partial charge in [0.2, 0.25) is 0 Å². The summed E-state index contributed by atoms with van der Waals surface area (Å²) in [5.41, 5.74) is 4.13. The van der Waals surface area contributed by atoms with Gasteiger partial charge < -0.3 is 15.2 Å². The lowest BCUT2D eigenvalue weighted by Crippen LogP contribution is -2.44. The quantitative estimate of drug-likeness (QED) is 0.448. The Bertz CT molecular complexity index is 589. The van der Waals surface area contributed by atoms with Gasteiger partial charge in [0.05, 0.1) is 12.8 Å². The first-order valence-corrected chi connectivity index (χ1v) is 8.40. The SMILES string of the molecule is COc1ccc(O)c(/C(C)=N/NC(=S)N[C@H]2CCCC[C@@H]2C)c1. The molecule has 5 nitrogen and oxygen atoms in total. The Kier molecular flexibility index (Phi) is 6.21. The van der Waals surface area contributed by atoms with E-state index in [-0.39, 0.29) is 5.75 Å². The molecule has 2 atom stereocenters. The summed E-state index contributed by atoms with van der Waals surface area (Å²) in [6.07, 6.45) is 4.92. The molecule has 1 aliphatic rings. The number of ether oxygens (including phenoxy) is 1. The van der Waals surface area contributed by atoms with Crippen molar-refractivity contribution in [3.05, 3.63) is 23.8 Å². The third kappa shape index (κ3) is 4.82. The second-order valence-corrected chi connectivity index (χ2v) is 6.44. The van der Waals surface area contributed by atoms with Crippen LogP contribution in [0.1, 0.15) is 45.1 Å². The lowest BCUT2D eigenvalue weighted by molar-refractivity contribution is 0.308. The van der Waals surface area contributed by atoms with E-state index in [0.717, 1.165) is 6.42 Å². The lowest BCUT2D eigenvalue weighted by atomic mass is 9.86. The molecule has 1 saturated carbocycles. The van der Waals surface area contributed by atoms with Gasteiger partial charge in [-0.05, 0) is 56.1 Å². The summed E-state index contributed by atoms with van der Waals surface area (Å²) in [5, 5.41) is 18.1. The molecule has 0 heterocycles. The number of hydrazone groups is 1. The van der Waals surface area contributed by atoms with E-state index in [1.165, 1.54) is 19.3 Å². The molecule has 1 fully saturated rings. The molecule has 0 aromatic heterocycles. The number of methoxy groups -OCH3 is 1. The molecule has 0 aliphatic heterocycles. The molecule has 1 aromatic carbocycles. The zero-order valence-electron chi connectivity index (χ0n) is 13.9. The Morgan fingerprint density at radius 1 is 1.35 bits per heavy atom. The van der Waals surface area contributed by atoms with E-state index in [9.17, 15) is 5.11 Å². The first kappa shape index (κ1) is 17.5. The number of rotatable bonds is 4. The topological polar surface area (TPSA) is 65.9 Å². The molecule has 1 aromatic rings. The van der Waals surface area contributed by atoms with Gasteiger partial charge in [-0.25, -0.2) is 0 Å². The maximum Gasteiger partial charge on any atom is 0.187 e. The Hall–Kier alpha value is -1.82. The maximum atomic E-state index is 9.95. The first-order chi connectivity index (χ1) is 11.0. The van der Waals surface area contributed by atoms with Crippen LogP contribution in [0.5, 0.6) is 11.5 Å². The van der Waals surface area contributed by atoms with Gasteiger partial charge in [-0.1, -0.05) is 19.8 Å². The van der Waals surface area contributed by atoms with Crippen LogP contribution in [0.15, 0.2) is 23.3 Å². The van der Waals surface area contributed by atoms with E-state index in [0.29, 0.717) is 34.1 Å². The van der Waals surface area contributed by atoms with Crippen molar-refractivity contribution in [1.29, 1.82) is 0 Å². The van der Waals surface area contributed by atoms with E-state index in [2.05, 4.69) is 22.8 Å². The Morgan fingerprint density at radius 2 is 2.09 bits per heavy atom. The van der Waals surface area contributed by atoms with Crippen molar-refractivity contribution in [3.63, 3.8) is 0 Å². The molecule has 6 heteroatoms. The summed E-state index contributed by atoms with van der Waals surface area (Å²) >= 11 is 5.32. The molecular weight excluding hydrogens is 310 g/mol. The number of phenols is 1. The first-order valence-electron chi connectivity index (χ1n) is 7.99. The molecule has 0 radical (unpaired) electrons. The van der Waals surface area contributed by atoms with Crippen LogP contribution in [-0.2, 0) is 0 Å². The summed E-state index contributed by atoms with van der Waals surface area (Å²) in [6, 6.07) is 5.45. The van der Waals surface area contributed by atoms with Gasteiger partial charge in [-0.3, -0.25) is 5.43 Å². The minimum Gasteiger partial charge on any atom is -0.507 e.